The molecule has 26 heavy (non-hydrogen) atoms. The van der Waals surface area contributed by atoms with Gasteiger partial charge < -0.3 is 10.1 Å². The van der Waals surface area contributed by atoms with Crippen LogP contribution in [0.1, 0.15) is 27.2 Å². The maximum absolute atomic E-state index is 12.2. The Labute approximate surface area is 157 Å². The third-order valence-electron chi connectivity index (χ3n) is 4.10. The van der Waals surface area contributed by atoms with Crippen LogP contribution in [-0.4, -0.2) is 15.7 Å². The molecule has 3 aromatic rings. The second-order valence-corrected chi connectivity index (χ2v) is 6.43. The monoisotopic (exact) mass is 369 g/mol. The fourth-order valence-electron chi connectivity index (χ4n) is 2.47. The van der Waals surface area contributed by atoms with E-state index in [1.165, 1.54) is 0 Å². The highest BCUT2D eigenvalue weighted by molar-refractivity contribution is 6.31. The lowest BCUT2D eigenvalue weighted by Gasteiger charge is -2.09. The van der Waals surface area contributed by atoms with Crippen molar-refractivity contribution in [2.45, 2.75) is 20.1 Å². The van der Waals surface area contributed by atoms with Crippen LogP contribution < -0.4 is 10.1 Å². The Morgan fingerprint density at radius 3 is 2.62 bits per heavy atom. The maximum atomic E-state index is 12.2. The molecule has 0 atom stereocenters. The number of hydrogen-bond acceptors (Lipinski definition) is 3. The number of carbonyl (C=O) groups is 1. The summed E-state index contributed by atoms with van der Waals surface area (Å²) in [5.41, 5.74) is 3.52. The zero-order chi connectivity index (χ0) is 18.5. The molecule has 3 rings (SSSR count). The molecule has 0 spiro atoms. The minimum Gasteiger partial charge on any atom is -0.489 e. The van der Waals surface area contributed by atoms with E-state index < -0.39 is 0 Å². The number of ether oxygens (including phenoxy) is 1. The second kappa shape index (κ2) is 8.06. The largest absolute Gasteiger partial charge is 0.489 e. The summed E-state index contributed by atoms with van der Waals surface area (Å²) in [5.74, 6) is 0.650. The predicted molar refractivity (Wildman–Crippen MR) is 101 cm³/mol. The molecule has 1 aromatic heterocycles. The first-order valence-corrected chi connectivity index (χ1v) is 8.63. The molecule has 134 valence electrons. The van der Waals surface area contributed by atoms with Crippen molar-refractivity contribution in [1.82, 2.24) is 15.1 Å². The summed E-state index contributed by atoms with van der Waals surface area (Å²) in [7, 11) is 1.85. The van der Waals surface area contributed by atoms with Crippen molar-refractivity contribution in [2.24, 2.45) is 7.05 Å². The van der Waals surface area contributed by atoms with Gasteiger partial charge in [0.1, 0.15) is 12.4 Å². The molecule has 2 aromatic carbocycles. The first-order chi connectivity index (χ1) is 12.5. The Bertz CT molecular complexity index is 904. The molecule has 0 saturated heterocycles. The number of benzene rings is 2. The number of nitrogens with one attached hydrogen (secondary N) is 1. The van der Waals surface area contributed by atoms with Crippen LogP contribution in [0.15, 0.2) is 54.7 Å². The molecule has 0 bridgehead atoms. The molecule has 6 heteroatoms. The number of carbonyl (C=O) groups excluding carboxylic acids is 1. The Kier molecular flexibility index (Phi) is 5.58. The first kappa shape index (κ1) is 18.0. The number of rotatable bonds is 6. The molecule has 0 aliphatic heterocycles. The molecule has 0 radical (unpaired) electrons. The zero-order valence-corrected chi connectivity index (χ0v) is 15.5. The summed E-state index contributed by atoms with van der Waals surface area (Å²) in [6.45, 7) is 2.81. The zero-order valence-electron chi connectivity index (χ0n) is 14.7. The van der Waals surface area contributed by atoms with Gasteiger partial charge in [0.25, 0.3) is 5.91 Å². The molecule has 0 saturated carbocycles. The molecule has 0 aliphatic carbocycles. The highest BCUT2D eigenvalue weighted by Gasteiger charge is 2.07. The Balaban J connectivity index is 1.54. The standard InChI is InChI=1S/C20H20ClN3O2/c1-14-11-18(7-8-19(14)21)26-13-15-3-5-16(6-4-15)20(25)22-12-17-9-10-23-24(17)2/h3-11H,12-13H2,1-2H3,(H,22,25). The third-order valence-corrected chi connectivity index (χ3v) is 4.53. The molecular weight excluding hydrogens is 350 g/mol. The molecule has 1 N–H and O–H groups in total. The number of aryl methyl sites for hydroxylation is 2. The fourth-order valence-corrected chi connectivity index (χ4v) is 2.59. The highest BCUT2D eigenvalue weighted by atomic mass is 35.5. The summed E-state index contributed by atoms with van der Waals surface area (Å²) in [6, 6.07) is 14.8. The van der Waals surface area contributed by atoms with Crippen molar-refractivity contribution >= 4 is 17.5 Å². The van der Waals surface area contributed by atoms with Crippen molar-refractivity contribution < 1.29 is 9.53 Å². The molecular formula is C20H20ClN3O2. The van der Waals surface area contributed by atoms with Gasteiger partial charge in [-0.05, 0) is 54.4 Å². The Hall–Kier alpha value is -2.79. The lowest BCUT2D eigenvalue weighted by Crippen LogP contribution is -2.24. The minimum absolute atomic E-state index is 0.119. The average molecular weight is 370 g/mol. The lowest BCUT2D eigenvalue weighted by molar-refractivity contribution is 0.0950. The van der Waals surface area contributed by atoms with E-state index in [4.69, 9.17) is 16.3 Å². The van der Waals surface area contributed by atoms with Crippen LogP contribution in [-0.2, 0) is 20.2 Å². The topological polar surface area (TPSA) is 56.1 Å². The SMILES string of the molecule is Cc1cc(OCc2ccc(C(=O)NCc3ccnn3C)cc2)ccc1Cl. The van der Waals surface area contributed by atoms with E-state index in [0.717, 1.165) is 27.6 Å². The van der Waals surface area contributed by atoms with Crippen molar-refractivity contribution in [3.05, 3.63) is 82.1 Å². The molecule has 0 aliphatic rings. The quantitative estimate of drug-likeness (QED) is 0.717. The second-order valence-electron chi connectivity index (χ2n) is 6.03. The van der Waals surface area contributed by atoms with Gasteiger partial charge in [-0.1, -0.05) is 23.7 Å². The Morgan fingerprint density at radius 2 is 1.96 bits per heavy atom. The smallest absolute Gasteiger partial charge is 0.251 e. The van der Waals surface area contributed by atoms with Gasteiger partial charge in [-0.25, -0.2) is 0 Å². The number of hydrogen-bond donors (Lipinski definition) is 1. The fraction of sp³-hybridized carbons (Fsp3) is 0.200. The maximum Gasteiger partial charge on any atom is 0.251 e. The van der Waals surface area contributed by atoms with Crippen LogP contribution in [0.25, 0.3) is 0 Å². The van der Waals surface area contributed by atoms with Crippen molar-refractivity contribution in [3.8, 4) is 5.75 Å². The summed E-state index contributed by atoms with van der Waals surface area (Å²) in [4.78, 5) is 12.2. The summed E-state index contributed by atoms with van der Waals surface area (Å²) < 4.78 is 7.50. The number of amides is 1. The van der Waals surface area contributed by atoms with Gasteiger partial charge in [0, 0.05) is 23.8 Å². The van der Waals surface area contributed by atoms with E-state index >= 15 is 0 Å². The normalized spacial score (nSPS) is 10.6. The van der Waals surface area contributed by atoms with Gasteiger partial charge in [-0.2, -0.15) is 5.10 Å². The summed E-state index contributed by atoms with van der Waals surface area (Å²) in [6.07, 6.45) is 1.71. The van der Waals surface area contributed by atoms with Gasteiger partial charge in [0.15, 0.2) is 0 Å². The van der Waals surface area contributed by atoms with E-state index in [-0.39, 0.29) is 5.91 Å². The van der Waals surface area contributed by atoms with Crippen LogP contribution in [0.2, 0.25) is 5.02 Å². The third kappa shape index (κ3) is 4.43. The van der Waals surface area contributed by atoms with E-state index in [1.54, 1.807) is 23.0 Å². The summed E-state index contributed by atoms with van der Waals surface area (Å²) in [5, 5.41) is 7.69. The van der Waals surface area contributed by atoms with Gasteiger partial charge in [-0.15, -0.1) is 0 Å². The van der Waals surface area contributed by atoms with Gasteiger partial charge >= 0.3 is 0 Å². The van der Waals surface area contributed by atoms with Crippen LogP contribution in [0.5, 0.6) is 5.75 Å². The van der Waals surface area contributed by atoms with Gasteiger partial charge in [0.2, 0.25) is 0 Å². The van der Waals surface area contributed by atoms with Crippen LogP contribution in [0, 0.1) is 6.92 Å². The lowest BCUT2D eigenvalue weighted by atomic mass is 10.1. The predicted octanol–water partition coefficient (Wildman–Crippen LogP) is 3.89. The van der Waals surface area contributed by atoms with E-state index in [9.17, 15) is 4.79 Å². The van der Waals surface area contributed by atoms with Crippen LogP contribution >= 0.6 is 11.6 Å². The molecule has 5 nitrogen and oxygen atoms in total. The average Bonchev–Trinajstić information content (AvgIpc) is 3.06. The first-order valence-electron chi connectivity index (χ1n) is 8.26. The minimum atomic E-state index is -0.119. The highest BCUT2D eigenvalue weighted by Crippen LogP contribution is 2.21. The van der Waals surface area contributed by atoms with Crippen LogP contribution in [0.3, 0.4) is 0 Å². The van der Waals surface area contributed by atoms with E-state index in [0.29, 0.717) is 18.7 Å². The molecule has 0 unspecified atom stereocenters. The van der Waals surface area contributed by atoms with E-state index in [2.05, 4.69) is 10.4 Å². The van der Waals surface area contributed by atoms with Crippen molar-refractivity contribution in [1.29, 1.82) is 0 Å². The summed E-state index contributed by atoms with van der Waals surface area (Å²) >= 11 is 6.01. The van der Waals surface area contributed by atoms with Gasteiger partial charge in [0.05, 0.1) is 12.2 Å². The van der Waals surface area contributed by atoms with Crippen molar-refractivity contribution in [2.75, 3.05) is 0 Å². The van der Waals surface area contributed by atoms with Crippen LogP contribution in [0.4, 0.5) is 0 Å². The van der Waals surface area contributed by atoms with Gasteiger partial charge in [-0.3, -0.25) is 9.48 Å². The van der Waals surface area contributed by atoms with E-state index in [1.807, 2.05) is 50.4 Å². The number of aromatic nitrogens is 2. The Morgan fingerprint density at radius 1 is 1.19 bits per heavy atom. The molecule has 1 amide bonds. The number of halogens is 1. The number of nitrogens with zero attached hydrogens (tertiary/aromatic N) is 2. The molecule has 1 heterocycles. The molecule has 0 fully saturated rings. The van der Waals surface area contributed by atoms with Crippen molar-refractivity contribution in [3.63, 3.8) is 0 Å².